The molecule has 0 amide bonds. The van der Waals surface area contributed by atoms with E-state index in [1.165, 1.54) is 18.4 Å². The van der Waals surface area contributed by atoms with Crippen molar-refractivity contribution in [2.45, 2.75) is 31.9 Å². The molecule has 2 unspecified atom stereocenters. The first-order chi connectivity index (χ1) is 9.35. The van der Waals surface area contributed by atoms with E-state index in [1.54, 1.807) is 0 Å². The highest BCUT2D eigenvalue weighted by Crippen LogP contribution is 2.27. The first-order valence-electron chi connectivity index (χ1n) is 7.40. The SMILES string of the molecule is CCCC(c1ccccc1)N1CCOC(CNC)C1. The van der Waals surface area contributed by atoms with Gasteiger partial charge < -0.3 is 10.1 Å². The Balaban J connectivity index is 2.06. The molecule has 1 aromatic carbocycles. The second-order valence-electron chi connectivity index (χ2n) is 5.26. The Kier molecular flexibility index (Phi) is 5.83. The smallest absolute Gasteiger partial charge is 0.0826 e. The number of hydrogen-bond acceptors (Lipinski definition) is 3. The number of ether oxygens (including phenoxy) is 1. The van der Waals surface area contributed by atoms with E-state index in [9.17, 15) is 0 Å². The predicted octanol–water partition coefficient (Wildman–Crippen LogP) is 2.45. The van der Waals surface area contributed by atoms with Crippen molar-refractivity contribution in [1.82, 2.24) is 10.2 Å². The molecule has 106 valence electrons. The van der Waals surface area contributed by atoms with E-state index in [-0.39, 0.29) is 0 Å². The first-order valence-corrected chi connectivity index (χ1v) is 7.40. The molecule has 1 heterocycles. The second kappa shape index (κ2) is 7.63. The van der Waals surface area contributed by atoms with Gasteiger partial charge in [0.25, 0.3) is 0 Å². The van der Waals surface area contributed by atoms with E-state index < -0.39 is 0 Å². The van der Waals surface area contributed by atoms with Gasteiger partial charge in [-0.1, -0.05) is 43.7 Å². The normalized spacial score (nSPS) is 22.3. The van der Waals surface area contributed by atoms with E-state index in [0.717, 1.165) is 26.2 Å². The molecule has 0 aromatic heterocycles. The van der Waals surface area contributed by atoms with Gasteiger partial charge in [-0.05, 0) is 19.0 Å². The Labute approximate surface area is 116 Å². The Morgan fingerprint density at radius 2 is 2.16 bits per heavy atom. The maximum Gasteiger partial charge on any atom is 0.0826 e. The van der Waals surface area contributed by atoms with Gasteiger partial charge in [0.2, 0.25) is 0 Å². The van der Waals surface area contributed by atoms with E-state index in [2.05, 4.69) is 47.5 Å². The van der Waals surface area contributed by atoms with E-state index >= 15 is 0 Å². The van der Waals surface area contributed by atoms with Crippen molar-refractivity contribution in [1.29, 1.82) is 0 Å². The van der Waals surface area contributed by atoms with Crippen molar-refractivity contribution in [3.8, 4) is 0 Å². The Morgan fingerprint density at radius 3 is 2.84 bits per heavy atom. The summed E-state index contributed by atoms with van der Waals surface area (Å²) in [6.07, 6.45) is 2.76. The molecule has 1 fully saturated rings. The fraction of sp³-hybridized carbons (Fsp3) is 0.625. The minimum Gasteiger partial charge on any atom is -0.374 e. The standard InChI is InChI=1S/C16H26N2O/c1-3-7-16(14-8-5-4-6-9-14)18-10-11-19-15(13-18)12-17-2/h4-6,8-9,15-17H,3,7,10-13H2,1-2H3. The minimum atomic E-state index is 0.321. The van der Waals surface area contributed by atoms with Crippen LogP contribution < -0.4 is 5.32 Å². The molecule has 19 heavy (non-hydrogen) atoms. The van der Waals surface area contributed by atoms with Crippen LogP contribution in [0.2, 0.25) is 0 Å². The summed E-state index contributed by atoms with van der Waals surface area (Å²) < 4.78 is 5.81. The third-order valence-electron chi connectivity index (χ3n) is 3.79. The number of nitrogens with zero attached hydrogens (tertiary/aromatic N) is 1. The summed E-state index contributed by atoms with van der Waals surface area (Å²) in [4.78, 5) is 2.59. The number of hydrogen-bond donors (Lipinski definition) is 1. The highest BCUT2D eigenvalue weighted by atomic mass is 16.5. The summed E-state index contributed by atoms with van der Waals surface area (Å²) in [5.74, 6) is 0. The summed E-state index contributed by atoms with van der Waals surface area (Å²) in [5.41, 5.74) is 1.44. The maximum atomic E-state index is 5.81. The number of rotatable bonds is 6. The van der Waals surface area contributed by atoms with Gasteiger partial charge >= 0.3 is 0 Å². The molecule has 1 aromatic rings. The Bertz CT molecular complexity index is 353. The van der Waals surface area contributed by atoms with Crippen LogP contribution in [0.1, 0.15) is 31.4 Å². The number of benzene rings is 1. The number of likely N-dealkylation sites (N-methyl/N-ethyl adjacent to an activating group) is 1. The molecule has 1 saturated heterocycles. The van der Waals surface area contributed by atoms with Crippen LogP contribution >= 0.6 is 0 Å². The average Bonchev–Trinajstić information content (AvgIpc) is 2.46. The zero-order valence-corrected chi connectivity index (χ0v) is 12.1. The Hall–Kier alpha value is -0.900. The monoisotopic (exact) mass is 262 g/mol. The molecule has 3 heteroatoms. The molecule has 3 nitrogen and oxygen atoms in total. The fourth-order valence-corrected chi connectivity index (χ4v) is 2.89. The molecule has 0 spiro atoms. The summed E-state index contributed by atoms with van der Waals surface area (Å²) in [5, 5.41) is 3.22. The summed E-state index contributed by atoms with van der Waals surface area (Å²) in [7, 11) is 1.99. The lowest BCUT2D eigenvalue weighted by molar-refractivity contribution is -0.0431. The van der Waals surface area contributed by atoms with Crippen LogP contribution in [0.25, 0.3) is 0 Å². The van der Waals surface area contributed by atoms with E-state index in [0.29, 0.717) is 12.1 Å². The van der Waals surface area contributed by atoms with Crippen LogP contribution in [0.15, 0.2) is 30.3 Å². The quantitative estimate of drug-likeness (QED) is 0.852. The van der Waals surface area contributed by atoms with E-state index in [1.807, 2.05) is 7.05 Å². The van der Waals surface area contributed by atoms with Gasteiger partial charge in [0.05, 0.1) is 12.7 Å². The largest absolute Gasteiger partial charge is 0.374 e. The van der Waals surface area contributed by atoms with Gasteiger partial charge in [-0.25, -0.2) is 0 Å². The molecule has 2 rings (SSSR count). The van der Waals surface area contributed by atoms with Gasteiger partial charge in [0, 0.05) is 25.7 Å². The summed E-state index contributed by atoms with van der Waals surface area (Å²) in [6.45, 7) is 6.12. The van der Waals surface area contributed by atoms with Crippen molar-refractivity contribution in [2.75, 3.05) is 33.3 Å². The lowest BCUT2D eigenvalue weighted by atomic mass is 9.99. The third-order valence-corrected chi connectivity index (χ3v) is 3.79. The van der Waals surface area contributed by atoms with Gasteiger partial charge in [-0.2, -0.15) is 0 Å². The molecule has 2 atom stereocenters. The van der Waals surface area contributed by atoms with Crippen molar-refractivity contribution in [2.24, 2.45) is 0 Å². The summed E-state index contributed by atoms with van der Waals surface area (Å²) >= 11 is 0. The maximum absolute atomic E-state index is 5.81. The molecule has 0 saturated carbocycles. The highest BCUT2D eigenvalue weighted by Gasteiger charge is 2.26. The molecule has 1 aliphatic rings. The van der Waals surface area contributed by atoms with Crippen molar-refractivity contribution in [3.05, 3.63) is 35.9 Å². The van der Waals surface area contributed by atoms with Crippen LogP contribution in [-0.2, 0) is 4.74 Å². The van der Waals surface area contributed by atoms with Gasteiger partial charge in [0.1, 0.15) is 0 Å². The van der Waals surface area contributed by atoms with Crippen LogP contribution in [0.4, 0.5) is 0 Å². The predicted molar refractivity (Wildman–Crippen MR) is 79.3 cm³/mol. The lowest BCUT2D eigenvalue weighted by Crippen LogP contribution is -2.47. The second-order valence-corrected chi connectivity index (χ2v) is 5.26. The molecule has 0 radical (unpaired) electrons. The fourth-order valence-electron chi connectivity index (χ4n) is 2.89. The first kappa shape index (κ1) is 14.5. The van der Waals surface area contributed by atoms with E-state index in [4.69, 9.17) is 4.74 Å². The zero-order chi connectivity index (χ0) is 13.5. The van der Waals surface area contributed by atoms with Crippen LogP contribution in [0.3, 0.4) is 0 Å². The lowest BCUT2D eigenvalue weighted by Gasteiger charge is -2.38. The van der Waals surface area contributed by atoms with Crippen LogP contribution in [0, 0.1) is 0 Å². The molecule has 0 bridgehead atoms. The number of morpholine rings is 1. The third kappa shape index (κ3) is 4.03. The average molecular weight is 262 g/mol. The molecular weight excluding hydrogens is 236 g/mol. The van der Waals surface area contributed by atoms with Crippen LogP contribution in [-0.4, -0.2) is 44.3 Å². The Morgan fingerprint density at radius 1 is 1.37 bits per heavy atom. The van der Waals surface area contributed by atoms with Crippen molar-refractivity contribution < 1.29 is 4.74 Å². The summed E-state index contributed by atoms with van der Waals surface area (Å²) in [6, 6.07) is 11.4. The van der Waals surface area contributed by atoms with Crippen molar-refractivity contribution >= 4 is 0 Å². The minimum absolute atomic E-state index is 0.321. The van der Waals surface area contributed by atoms with Crippen LogP contribution in [0.5, 0.6) is 0 Å². The van der Waals surface area contributed by atoms with Crippen molar-refractivity contribution in [3.63, 3.8) is 0 Å². The topological polar surface area (TPSA) is 24.5 Å². The van der Waals surface area contributed by atoms with Gasteiger partial charge in [0.15, 0.2) is 0 Å². The molecular formula is C16H26N2O. The van der Waals surface area contributed by atoms with Gasteiger partial charge in [-0.3, -0.25) is 4.90 Å². The van der Waals surface area contributed by atoms with Gasteiger partial charge in [-0.15, -0.1) is 0 Å². The zero-order valence-electron chi connectivity index (χ0n) is 12.1. The highest BCUT2D eigenvalue weighted by molar-refractivity contribution is 5.19. The number of nitrogens with one attached hydrogen (secondary N) is 1. The molecule has 1 aliphatic heterocycles. The molecule has 0 aliphatic carbocycles. The molecule has 1 N–H and O–H groups in total.